The molecule has 0 N–H and O–H groups in total. The molecule has 1 aliphatic rings. The summed E-state index contributed by atoms with van der Waals surface area (Å²) in [5, 5.41) is 5.36. The molecule has 39 heavy (non-hydrogen) atoms. The summed E-state index contributed by atoms with van der Waals surface area (Å²) in [5.74, 6) is 1.54. The maximum absolute atomic E-state index is 13.9. The van der Waals surface area contributed by atoms with Crippen molar-refractivity contribution in [1.82, 2.24) is 14.7 Å². The smallest absolute Gasteiger partial charge is 0.255 e. The molecule has 0 bridgehead atoms. The zero-order valence-corrected chi connectivity index (χ0v) is 22.9. The third-order valence-electron chi connectivity index (χ3n) is 6.82. The van der Waals surface area contributed by atoms with Crippen LogP contribution in [0.25, 0.3) is 5.69 Å². The number of para-hydroxylation sites is 3. The molecule has 2 heterocycles. The Hall–Kier alpha value is -3.81. The van der Waals surface area contributed by atoms with Gasteiger partial charge in [0, 0.05) is 13.2 Å². The summed E-state index contributed by atoms with van der Waals surface area (Å²) in [6.07, 6.45) is 2.50. The lowest BCUT2D eigenvalue weighted by Gasteiger charge is -2.26. The molecule has 0 saturated carbocycles. The van der Waals surface area contributed by atoms with Crippen LogP contribution in [-0.4, -0.2) is 47.0 Å². The van der Waals surface area contributed by atoms with Gasteiger partial charge in [0.25, 0.3) is 5.91 Å². The van der Waals surface area contributed by atoms with Crippen molar-refractivity contribution in [3.63, 3.8) is 0 Å². The minimum Gasteiger partial charge on any atom is -0.493 e. The lowest BCUT2D eigenvalue weighted by Crippen LogP contribution is -2.37. The van der Waals surface area contributed by atoms with E-state index in [4.69, 9.17) is 30.9 Å². The second-order valence-electron chi connectivity index (χ2n) is 9.38. The molecule has 4 aromatic rings. The van der Waals surface area contributed by atoms with Crippen LogP contribution in [0.2, 0.25) is 5.02 Å². The van der Waals surface area contributed by atoms with Crippen LogP contribution >= 0.6 is 11.6 Å². The molecular formula is C31H32ClN3O4. The molecule has 7 nitrogen and oxygen atoms in total. The first-order valence-electron chi connectivity index (χ1n) is 13.2. The molecule has 0 spiro atoms. The van der Waals surface area contributed by atoms with Crippen LogP contribution in [0.1, 0.15) is 41.4 Å². The number of carbonyl (C=O) groups excluding carboxylic acids is 1. The highest BCUT2D eigenvalue weighted by Gasteiger charge is 2.29. The summed E-state index contributed by atoms with van der Waals surface area (Å²) < 4.78 is 19.9. The standard InChI is InChI=1S/C31H32ClN3O4/c1-3-27-25(21-34(20-23-14-11-19-38-23)30(36)24-15-7-8-16-26(24)32)31(35(33-27)22-12-5-4-6-13-22)39-29-18-10-9-17-28(29)37-2/h4-10,12-13,15-18,23H,3,11,14,19-21H2,1-2H3/t23-/m1/s1. The number of ether oxygens (including phenoxy) is 3. The van der Waals surface area contributed by atoms with Gasteiger partial charge in [-0.25, -0.2) is 4.68 Å². The van der Waals surface area contributed by atoms with Gasteiger partial charge in [0.05, 0.1) is 47.3 Å². The van der Waals surface area contributed by atoms with E-state index >= 15 is 0 Å². The van der Waals surface area contributed by atoms with Gasteiger partial charge in [0.15, 0.2) is 11.5 Å². The number of methoxy groups -OCH3 is 1. The zero-order chi connectivity index (χ0) is 27.2. The molecule has 3 aromatic carbocycles. The molecule has 1 saturated heterocycles. The summed E-state index contributed by atoms with van der Waals surface area (Å²) in [5.41, 5.74) is 2.98. The average Bonchev–Trinajstić information content (AvgIpc) is 3.61. The largest absolute Gasteiger partial charge is 0.493 e. The number of nitrogens with zero attached hydrogens (tertiary/aromatic N) is 3. The first-order valence-corrected chi connectivity index (χ1v) is 13.6. The summed E-state index contributed by atoms with van der Waals surface area (Å²) in [6.45, 7) is 3.48. The Kier molecular flexibility index (Phi) is 8.49. The van der Waals surface area contributed by atoms with Gasteiger partial charge in [0.1, 0.15) is 0 Å². The maximum atomic E-state index is 13.9. The SMILES string of the molecule is CCc1nn(-c2ccccc2)c(Oc2ccccc2OC)c1CN(C[C@H]1CCCO1)C(=O)c1ccccc1Cl. The van der Waals surface area contributed by atoms with E-state index < -0.39 is 0 Å². The molecule has 5 rings (SSSR count). The first kappa shape index (κ1) is 26.8. The van der Waals surface area contributed by atoms with E-state index in [1.807, 2.05) is 73.7 Å². The molecule has 0 aliphatic carbocycles. The number of rotatable bonds is 10. The average molecular weight is 546 g/mol. The van der Waals surface area contributed by atoms with Gasteiger partial charge < -0.3 is 19.1 Å². The quantitative estimate of drug-likeness (QED) is 0.221. The number of amides is 1. The van der Waals surface area contributed by atoms with Crippen LogP contribution in [0.15, 0.2) is 78.9 Å². The Morgan fingerprint density at radius 1 is 1.05 bits per heavy atom. The Bertz CT molecular complexity index is 1420. The lowest BCUT2D eigenvalue weighted by molar-refractivity contribution is 0.0505. The highest BCUT2D eigenvalue weighted by atomic mass is 35.5. The molecule has 0 radical (unpaired) electrons. The Labute approximate surface area is 233 Å². The van der Waals surface area contributed by atoms with Gasteiger partial charge in [-0.15, -0.1) is 0 Å². The fourth-order valence-corrected chi connectivity index (χ4v) is 5.04. The van der Waals surface area contributed by atoms with E-state index in [0.29, 0.717) is 47.5 Å². The number of aryl methyl sites for hydroxylation is 1. The van der Waals surface area contributed by atoms with E-state index in [1.165, 1.54) is 0 Å². The van der Waals surface area contributed by atoms with E-state index in [0.717, 1.165) is 29.8 Å². The Morgan fingerprint density at radius 3 is 2.46 bits per heavy atom. The molecule has 1 atom stereocenters. The minimum absolute atomic E-state index is 0.0377. The van der Waals surface area contributed by atoms with Crippen molar-refractivity contribution >= 4 is 17.5 Å². The first-order chi connectivity index (χ1) is 19.1. The fourth-order valence-electron chi connectivity index (χ4n) is 4.83. The van der Waals surface area contributed by atoms with Gasteiger partial charge in [-0.05, 0) is 55.7 Å². The summed E-state index contributed by atoms with van der Waals surface area (Å²) in [6, 6.07) is 24.5. The molecule has 8 heteroatoms. The van der Waals surface area contributed by atoms with Crippen LogP contribution in [-0.2, 0) is 17.7 Å². The van der Waals surface area contributed by atoms with Crippen LogP contribution < -0.4 is 9.47 Å². The lowest BCUT2D eigenvalue weighted by atomic mass is 10.1. The molecule has 202 valence electrons. The van der Waals surface area contributed by atoms with E-state index in [1.54, 1.807) is 28.8 Å². The topological polar surface area (TPSA) is 65.8 Å². The minimum atomic E-state index is -0.158. The third kappa shape index (κ3) is 5.95. The molecule has 1 fully saturated rings. The second-order valence-corrected chi connectivity index (χ2v) is 9.79. The van der Waals surface area contributed by atoms with Crippen LogP contribution in [0.4, 0.5) is 0 Å². The van der Waals surface area contributed by atoms with E-state index in [-0.39, 0.29) is 18.6 Å². The van der Waals surface area contributed by atoms with Gasteiger partial charge in [0.2, 0.25) is 5.88 Å². The van der Waals surface area contributed by atoms with Crippen molar-refractivity contribution in [2.24, 2.45) is 0 Å². The summed E-state index contributed by atoms with van der Waals surface area (Å²) in [4.78, 5) is 15.7. The third-order valence-corrected chi connectivity index (χ3v) is 7.15. The highest BCUT2D eigenvalue weighted by molar-refractivity contribution is 6.33. The number of halogens is 1. The molecular weight excluding hydrogens is 514 g/mol. The molecule has 1 aromatic heterocycles. The summed E-state index contributed by atoms with van der Waals surface area (Å²) >= 11 is 6.46. The van der Waals surface area contributed by atoms with E-state index in [2.05, 4.69) is 0 Å². The van der Waals surface area contributed by atoms with Gasteiger partial charge >= 0.3 is 0 Å². The fraction of sp³-hybridized carbons (Fsp3) is 0.290. The van der Waals surface area contributed by atoms with Crippen molar-refractivity contribution in [2.75, 3.05) is 20.3 Å². The maximum Gasteiger partial charge on any atom is 0.255 e. The van der Waals surface area contributed by atoms with Crippen molar-refractivity contribution in [2.45, 2.75) is 38.8 Å². The van der Waals surface area contributed by atoms with Crippen molar-refractivity contribution in [3.05, 3.63) is 101 Å². The monoisotopic (exact) mass is 545 g/mol. The van der Waals surface area contributed by atoms with Crippen LogP contribution in [0, 0.1) is 0 Å². The number of hydrogen-bond acceptors (Lipinski definition) is 5. The number of aromatic nitrogens is 2. The van der Waals surface area contributed by atoms with Crippen molar-refractivity contribution in [1.29, 1.82) is 0 Å². The number of benzene rings is 3. The van der Waals surface area contributed by atoms with Crippen LogP contribution in [0.3, 0.4) is 0 Å². The van der Waals surface area contributed by atoms with Crippen molar-refractivity contribution in [3.8, 4) is 23.1 Å². The Balaban J connectivity index is 1.60. The predicted octanol–water partition coefficient (Wildman–Crippen LogP) is 6.71. The van der Waals surface area contributed by atoms with E-state index in [9.17, 15) is 4.79 Å². The number of hydrogen-bond donors (Lipinski definition) is 0. The molecule has 0 unspecified atom stereocenters. The zero-order valence-electron chi connectivity index (χ0n) is 22.2. The summed E-state index contributed by atoms with van der Waals surface area (Å²) in [7, 11) is 1.61. The van der Waals surface area contributed by atoms with Gasteiger partial charge in [-0.1, -0.05) is 61.0 Å². The van der Waals surface area contributed by atoms with Gasteiger partial charge in [-0.2, -0.15) is 5.10 Å². The number of carbonyl (C=O) groups is 1. The van der Waals surface area contributed by atoms with Gasteiger partial charge in [-0.3, -0.25) is 4.79 Å². The Morgan fingerprint density at radius 2 is 1.77 bits per heavy atom. The van der Waals surface area contributed by atoms with Crippen LogP contribution in [0.5, 0.6) is 17.4 Å². The second kappa shape index (κ2) is 12.4. The normalized spacial score (nSPS) is 14.8. The highest BCUT2D eigenvalue weighted by Crippen LogP contribution is 2.37. The molecule has 1 aliphatic heterocycles. The predicted molar refractivity (Wildman–Crippen MR) is 151 cm³/mol. The molecule has 1 amide bonds. The van der Waals surface area contributed by atoms with Crippen molar-refractivity contribution < 1.29 is 19.0 Å².